The number of fused-ring (bicyclic) bond motifs is 1. The maximum atomic E-state index is 12.9. The lowest BCUT2D eigenvalue weighted by molar-refractivity contribution is 0.0270. The van der Waals surface area contributed by atoms with Gasteiger partial charge in [0.2, 0.25) is 0 Å². The summed E-state index contributed by atoms with van der Waals surface area (Å²) in [7, 11) is 0. The molecule has 0 spiro atoms. The predicted molar refractivity (Wildman–Crippen MR) is 115 cm³/mol. The highest BCUT2D eigenvalue weighted by Gasteiger charge is 2.34. The van der Waals surface area contributed by atoms with Gasteiger partial charge in [-0.2, -0.15) is 0 Å². The second-order valence-corrected chi connectivity index (χ2v) is 9.09. The molecule has 0 radical (unpaired) electrons. The average molecular weight is 411 g/mol. The van der Waals surface area contributed by atoms with E-state index in [9.17, 15) is 9.59 Å². The summed E-state index contributed by atoms with van der Waals surface area (Å²) in [4.78, 5) is 35.8. The summed E-state index contributed by atoms with van der Waals surface area (Å²) < 4.78 is 5.49. The molecule has 4 rings (SSSR count). The molecule has 2 aliphatic heterocycles. The SMILES string of the molecule is CC(C)(C)OC(=O)N1CCC(N2CCN(C(=O)c3ccc4ccccc4n3)CC2)C1. The Labute approximate surface area is 177 Å². The molecule has 1 unspecified atom stereocenters. The van der Waals surface area contributed by atoms with E-state index in [0.717, 1.165) is 37.0 Å². The van der Waals surface area contributed by atoms with Crippen LogP contribution in [0.25, 0.3) is 10.9 Å². The quantitative estimate of drug-likeness (QED) is 0.762. The molecule has 1 atom stereocenters. The normalized spacial score (nSPS) is 20.6. The van der Waals surface area contributed by atoms with Crippen LogP contribution in [0.2, 0.25) is 0 Å². The molecule has 30 heavy (non-hydrogen) atoms. The highest BCUT2D eigenvalue weighted by molar-refractivity contribution is 5.95. The Balaban J connectivity index is 1.31. The first-order valence-electron chi connectivity index (χ1n) is 10.7. The van der Waals surface area contributed by atoms with Crippen LogP contribution in [-0.2, 0) is 4.74 Å². The Bertz CT molecular complexity index is 931. The number of hydrogen-bond acceptors (Lipinski definition) is 5. The van der Waals surface area contributed by atoms with Gasteiger partial charge in [-0.25, -0.2) is 9.78 Å². The first-order valence-corrected chi connectivity index (χ1v) is 10.7. The number of amides is 2. The highest BCUT2D eigenvalue weighted by atomic mass is 16.6. The van der Waals surface area contributed by atoms with Gasteiger partial charge in [0, 0.05) is 50.7 Å². The topological polar surface area (TPSA) is 66.0 Å². The van der Waals surface area contributed by atoms with Crippen LogP contribution in [0.4, 0.5) is 4.79 Å². The maximum Gasteiger partial charge on any atom is 0.410 e. The van der Waals surface area contributed by atoms with Gasteiger partial charge in [0.25, 0.3) is 5.91 Å². The predicted octanol–water partition coefficient (Wildman–Crippen LogP) is 3.00. The van der Waals surface area contributed by atoms with Crippen molar-refractivity contribution in [1.29, 1.82) is 0 Å². The molecule has 7 nitrogen and oxygen atoms in total. The fraction of sp³-hybridized carbons (Fsp3) is 0.522. The largest absolute Gasteiger partial charge is 0.444 e. The van der Waals surface area contributed by atoms with Crippen molar-refractivity contribution in [3.63, 3.8) is 0 Å². The van der Waals surface area contributed by atoms with Crippen molar-refractivity contribution >= 4 is 22.9 Å². The molecule has 1 aromatic heterocycles. The van der Waals surface area contributed by atoms with E-state index < -0.39 is 5.60 Å². The monoisotopic (exact) mass is 410 g/mol. The van der Waals surface area contributed by atoms with E-state index in [1.54, 1.807) is 4.90 Å². The van der Waals surface area contributed by atoms with E-state index in [2.05, 4.69) is 9.88 Å². The number of nitrogens with zero attached hydrogens (tertiary/aromatic N) is 4. The van der Waals surface area contributed by atoms with Crippen molar-refractivity contribution in [1.82, 2.24) is 19.7 Å². The van der Waals surface area contributed by atoms with Gasteiger partial charge < -0.3 is 14.5 Å². The molecular formula is C23H30N4O3. The number of piperazine rings is 1. The van der Waals surface area contributed by atoms with Crippen molar-refractivity contribution < 1.29 is 14.3 Å². The number of likely N-dealkylation sites (tertiary alicyclic amines) is 1. The Hall–Kier alpha value is -2.67. The van der Waals surface area contributed by atoms with Crippen LogP contribution in [0.15, 0.2) is 36.4 Å². The standard InChI is InChI=1S/C23H30N4O3/c1-23(2,3)30-22(29)27-11-10-18(16-27)25-12-14-26(15-13-25)21(28)20-9-8-17-6-4-5-7-19(17)24-20/h4-9,18H,10-16H2,1-3H3. The van der Waals surface area contributed by atoms with E-state index in [1.807, 2.05) is 62.1 Å². The van der Waals surface area contributed by atoms with Crippen molar-refractivity contribution in [3.8, 4) is 0 Å². The molecule has 2 aliphatic rings. The summed E-state index contributed by atoms with van der Waals surface area (Å²) in [5.74, 6) is -0.0118. The number of para-hydroxylation sites is 1. The van der Waals surface area contributed by atoms with Gasteiger partial charge in [-0.05, 0) is 39.3 Å². The van der Waals surface area contributed by atoms with Gasteiger partial charge in [-0.15, -0.1) is 0 Å². The van der Waals surface area contributed by atoms with Crippen molar-refractivity contribution in [3.05, 3.63) is 42.1 Å². The number of rotatable bonds is 2. The number of hydrogen-bond donors (Lipinski definition) is 0. The molecule has 0 bridgehead atoms. The summed E-state index contributed by atoms with van der Waals surface area (Å²) in [6.45, 7) is 10.1. The van der Waals surface area contributed by atoms with E-state index >= 15 is 0 Å². The van der Waals surface area contributed by atoms with Crippen LogP contribution in [-0.4, -0.2) is 82.6 Å². The smallest absolute Gasteiger partial charge is 0.410 e. The summed E-state index contributed by atoms with van der Waals surface area (Å²) in [6, 6.07) is 11.9. The van der Waals surface area contributed by atoms with E-state index in [0.29, 0.717) is 31.4 Å². The number of carbonyl (C=O) groups excluding carboxylic acids is 2. The summed E-state index contributed by atoms with van der Waals surface area (Å²) >= 11 is 0. The van der Waals surface area contributed by atoms with Crippen LogP contribution in [0, 0.1) is 0 Å². The fourth-order valence-corrected chi connectivity index (χ4v) is 4.17. The van der Waals surface area contributed by atoms with E-state index in [1.165, 1.54) is 0 Å². The van der Waals surface area contributed by atoms with Crippen molar-refractivity contribution in [2.45, 2.75) is 38.8 Å². The Kier molecular flexibility index (Phi) is 5.64. The second kappa shape index (κ2) is 8.22. The number of carbonyl (C=O) groups is 2. The molecule has 0 N–H and O–H groups in total. The average Bonchev–Trinajstić information content (AvgIpc) is 3.22. The first kappa shape index (κ1) is 20.6. The molecule has 0 aliphatic carbocycles. The first-order chi connectivity index (χ1) is 14.3. The summed E-state index contributed by atoms with van der Waals surface area (Å²) in [5, 5.41) is 1.04. The number of aromatic nitrogens is 1. The Morgan fingerprint density at radius 2 is 1.70 bits per heavy atom. The molecule has 3 heterocycles. The molecule has 2 amide bonds. The van der Waals surface area contributed by atoms with E-state index in [4.69, 9.17) is 4.74 Å². The molecule has 7 heteroatoms. The van der Waals surface area contributed by atoms with Crippen LogP contribution < -0.4 is 0 Å². The zero-order chi connectivity index (χ0) is 21.3. The molecule has 160 valence electrons. The van der Waals surface area contributed by atoms with Gasteiger partial charge in [0.05, 0.1) is 5.52 Å². The third-order valence-electron chi connectivity index (χ3n) is 5.75. The Morgan fingerprint density at radius 3 is 2.43 bits per heavy atom. The number of pyridine rings is 1. The minimum Gasteiger partial charge on any atom is -0.444 e. The zero-order valence-electron chi connectivity index (χ0n) is 18.0. The summed E-state index contributed by atoms with van der Waals surface area (Å²) in [5.41, 5.74) is 0.868. The fourth-order valence-electron chi connectivity index (χ4n) is 4.17. The second-order valence-electron chi connectivity index (χ2n) is 9.09. The lowest BCUT2D eigenvalue weighted by atomic mass is 10.1. The zero-order valence-corrected chi connectivity index (χ0v) is 18.0. The lowest BCUT2D eigenvalue weighted by Gasteiger charge is -2.37. The summed E-state index contributed by atoms with van der Waals surface area (Å²) in [6.07, 6.45) is 0.709. The van der Waals surface area contributed by atoms with Crippen LogP contribution in [0.3, 0.4) is 0 Å². The van der Waals surface area contributed by atoms with Crippen LogP contribution >= 0.6 is 0 Å². The van der Waals surface area contributed by atoms with Crippen molar-refractivity contribution in [2.75, 3.05) is 39.3 Å². The van der Waals surface area contributed by atoms with E-state index in [-0.39, 0.29) is 12.0 Å². The highest BCUT2D eigenvalue weighted by Crippen LogP contribution is 2.21. The maximum absolute atomic E-state index is 12.9. The molecule has 2 fully saturated rings. The van der Waals surface area contributed by atoms with Crippen molar-refractivity contribution in [2.24, 2.45) is 0 Å². The molecule has 2 aromatic rings. The molecule has 0 saturated carbocycles. The lowest BCUT2D eigenvalue weighted by Crippen LogP contribution is -2.52. The van der Waals surface area contributed by atoms with Gasteiger partial charge in [0.1, 0.15) is 11.3 Å². The number of ether oxygens (including phenoxy) is 1. The minimum absolute atomic E-state index is 0.0118. The van der Waals surface area contributed by atoms with Gasteiger partial charge in [-0.3, -0.25) is 9.69 Å². The third-order valence-corrected chi connectivity index (χ3v) is 5.75. The van der Waals surface area contributed by atoms with Gasteiger partial charge >= 0.3 is 6.09 Å². The Morgan fingerprint density at radius 1 is 0.967 bits per heavy atom. The van der Waals surface area contributed by atoms with Crippen LogP contribution in [0.1, 0.15) is 37.7 Å². The van der Waals surface area contributed by atoms with Gasteiger partial charge in [0.15, 0.2) is 0 Å². The molecule has 1 aromatic carbocycles. The minimum atomic E-state index is -0.474. The molecular weight excluding hydrogens is 380 g/mol. The van der Waals surface area contributed by atoms with Crippen LogP contribution in [0.5, 0.6) is 0 Å². The molecule has 2 saturated heterocycles. The number of benzene rings is 1. The third kappa shape index (κ3) is 4.56. The van der Waals surface area contributed by atoms with Gasteiger partial charge in [-0.1, -0.05) is 24.3 Å².